The van der Waals surface area contributed by atoms with Crippen LogP contribution in [0.2, 0.25) is 0 Å². The van der Waals surface area contributed by atoms with Crippen LogP contribution in [0.3, 0.4) is 0 Å². The summed E-state index contributed by atoms with van der Waals surface area (Å²) >= 11 is 4.14. The molecule has 0 aromatic carbocycles. The predicted molar refractivity (Wildman–Crippen MR) is 38.1 cm³/mol. The lowest BCUT2D eigenvalue weighted by molar-refractivity contribution is 0.249. The molecule has 0 saturated heterocycles. The topological polar surface area (TPSA) is 41.5 Å². The van der Waals surface area contributed by atoms with Gasteiger partial charge in [0.2, 0.25) is 0 Å². The van der Waals surface area contributed by atoms with Gasteiger partial charge in [-0.15, -0.1) is 4.36 Å². The molecule has 0 unspecified atom stereocenters. The zero-order valence-corrected chi connectivity index (χ0v) is 6.20. The van der Waals surface area contributed by atoms with Gasteiger partial charge in [-0.2, -0.15) is 0 Å². The zero-order chi connectivity index (χ0) is 7.11. The van der Waals surface area contributed by atoms with E-state index in [1.165, 1.54) is 0 Å². The van der Waals surface area contributed by atoms with Crippen molar-refractivity contribution in [2.24, 2.45) is 4.36 Å². The second-order valence-electron chi connectivity index (χ2n) is 1.68. The van der Waals surface area contributed by atoms with E-state index in [-0.39, 0.29) is 0 Å². The number of nitrogens with zero attached hydrogens (tertiary/aromatic N) is 1. The van der Waals surface area contributed by atoms with E-state index in [0.717, 1.165) is 12.8 Å². The summed E-state index contributed by atoms with van der Waals surface area (Å²) in [5, 5.41) is 2.52. The number of rotatable bonds is 3. The van der Waals surface area contributed by atoms with Crippen LogP contribution in [0.4, 0.5) is 4.79 Å². The fourth-order valence-electron chi connectivity index (χ4n) is 0.404. The van der Waals surface area contributed by atoms with Gasteiger partial charge in [-0.05, 0) is 6.42 Å². The molecule has 0 bridgehead atoms. The fraction of sp³-hybridized carbons (Fsp3) is 0.800. The molecule has 2 amide bonds. The minimum absolute atomic E-state index is 0.404. The van der Waals surface area contributed by atoms with Gasteiger partial charge in [-0.3, -0.25) is 0 Å². The molecule has 0 aromatic heterocycles. The summed E-state index contributed by atoms with van der Waals surface area (Å²) in [6.45, 7) is 2.73. The Morgan fingerprint density at radius 3 is 2.89 bits per heavy atom. The summed E-state index contributed by atoms with van der Waals surface area (Å²) in [6, 6.07) is -0.404. The molecule has 4 heteroatoms. The maximum absolute atomic E-state index is 10.3. The zero-order valence-electron chi connectivity index (χ0n) is 5.39. The van der Waals surface area contributed by atoms with Crippen LogP contribution in [0.25, 0.3) is 0 Å². The molecule has 0 heterocycles. The van der Waals surface area contributed by atoms with Crippen LogP contribution in [0, 0.1) is 0 Å². The highest BCUT2D eigenvalue weighted by molar-refractivity contribution is 7.47. The van der Waals surface area contributed by atoms with Gasteiger partial charge in [-0.25, -0.2) is 4.79 Å². The SMILES string of the molecule is CCCCNC(=O)N=S. The molecular weight excluding hydrogens is 136 g/mol. The van der Waals surface area contributed by atoms with Crippen LogP contribution >= 0.6 is 0 Å². The number of unbranched alkanes of at least 4 members (excludes halogenated alkanes) is 1. The van der Waals surface area contributed by atoms with Crippen molar-refractivity contribution in [3.05, 3.63) is 0 Å². The Hall–Kier alpha value is -0.510. The van der Waals surface area contributed by atoms with Gasteiger partial charge in [0.05, 0.1) is 0 Å². The molecule has 0 fully saturated rings. The number of nitrogens with one attached hydrogen (secondary N) is 1. The van der Waals surface area contributed by atoms with Crippen LogP contribution in [0.15, 0.2) is 4.36 Å². The van der Waals surface area contributed by atoms with Crippen molar-refractivity contribution in [3.8, 4) is 0 Å². The maximum atomic E-state index is 10.3. The van der Waals surface area contributed by atoms with Crippen molar-refractivity contribution in [1.82, 2.24) is 5.32 Å². The fourth-order valence-corrected chi connectivity index (χ4v) is 0.469. The highest BCUT2D eigenvalue weighted by Gasteiger charge is 1.91. The molecule has 52 valence electrons. The molecule has 9 heavy (non-hydrogen) atoms. The summed E-state index contributed by atoms with van der Waals surface area (Å²) in [5.41, 5.74) is 0. The molecule has 3 nitrogen and oxygen atoms in total. The molecule has 0 aromatic rings. The second kappa shape index (κ2) is 5.62. The first-order valence-electron chi connectivity index (χ1n) is 2.92. The van der Waals surface area contributed by atoms with Crippen LogP contribution < -0.4 is 5.32 Å². The van der Waals surface area contributed by atoms with Gasteiger partial charge in [0.15, 0.2) is 0 Å². The molecule has 0 atom stereocenters. The average Bonchev–Trinajstić information content (AvgIpc) is 1.89. The van der Waals surface area contributed by atoms with E-state index in [0.29, 0.717) is 6.54 Å². The maximum Gasteiger partial charge on any atom is 0.352 e. The Balaban J connectivity index is 3.07. The molecule has 0 spiro atoms. The van der Waals surface area contributed by atoms with E-state index in [1.54, 1.807) is 0 Å². The highest BCUT2D eigenvalue weighted by atomic mass is 32.1. The van der Waals surface area contributed by atoms with Crippen molar-refractivity contribution in [3.63, 3.8) is 0 Å². The van der Waals surface area contributed by atoms with Crippen molar-refractivity contribution in [2.75, 3.05) is 6.54 Å². The number of amides is 2. The minimum Gasteiger partial charge on any atom is -0.335 e. The summed E-state index contributed by atoms with van der Waals surface area (Å²) in [7, 11) is 0. The normalized spacial score (nSPS) is 8.56. The molecule has 0 saturated carbocycles. The van der Waals surface area contributed by atoms with Crippen LogP contribution in [-0.4, -0.2) is 12.6 Å². The molecule has 0 rings (SSSR count). The number of hydrogen-bond donors (Lipinski definition) is 1. The van der Waals surface area contributed by atoms with Gasteiger partial charge in [0, 0.05) is 19.0 Å². The lowest BCUT2D eigenvalue weighted by Gasteiger charge is -1.95. The Labute approximate surface area is 60.0 Å². The van der Waals surface area contributed by atoms with Crippen molar-refractivity contribution >= 4 is 18.5 Å². The van der Waals surface area contributed by atoms with E-state index in [2.05, 4.69) is 29.0 Å². The monoisotopic (exact) mass is 146 g/mol. The Bertz CT molecular complexity index is 105. The smallest absolute Gasteiger partial charge is 0.335 e. The minimum atomic E-state index is -0.404. The average molecular weight is 146 g/mol. The van der Waals surface area contributed by atoms with Crippen molar-refractivity contribution in [1.29, 1.82) is 0 Å². The molecule has 1 N–H and O–H groups in total. The van der Waals surface area contributed by atoms with Crippen LogP contribution in [0.1, 0.15) is 19.8 Å². The lowest BCUT2D eigenvalue weighted by atomic mass is 10.3. The largest absolute Gasteiger partial charge is 0.352 e. The third-order valence-electron chi connectivity index (χ3n) is 0.889. The summed E-state index contributed by atoms with van der Waals surface area (Å²) < 4.78 is 2.99. The highest BCUT2D eigenvalue weighted by Crippen LogP contribution is 1.82. The van der Waals surface area contributed by atoms with Crippen LogP contribution in [-0.2, 0) is 12.4 Å². The number of carbonyl (C=O) groups excluding carboxylic acids is 1. The van der Waals surface area contributed by atoms with E-state index in [4.69, 9.17) is 0 Å². The molecular formula is C5H10N2OS. The van der Waals surface area contributed by atoms with Gasteiger partial charge < -0.3 is 5.32 Å². The number of urea groups is 1. The second-order valence-corrected chi connectivity index (χ2v) is 1.86. The molecule has 0 aliphatic heterocycles. The van der Waals surface area contributed by atoms with Crippen molar-refractivity contribution in [2.45, 2.75) is 19.8 Å². The van der Waals surface area contributed by atoms with E-state index < -0.39 is 6.03 Å². The van der Waals surface area contributed by atoms with E-state index >= 15 is 0 Å². The molecule has 0 aliphatic carbocycles. The van der Waals surface area contributed by atoms with Gasteiger partial charge in [0.25, 0.3) is 0 Å². The predicted octanol–water partition coefficient (Wildman–Crippen LogP) is 1.23. The summed E-state index contributed by atoms with van der Waals surface area (Å²) in [6.07, 6.45) is 2.05. The standard InChI is InChI=1S/C5H10N2OS/c1-2-3-4-6-5(8)7-9/h2-4H2,1H3,(H,6,8). The summed E-state index contributed by atoms with van der Waals surface area (Å²) in [5.74, 6) is 0. The Morgan fingerprint density at radius 1 is 1.78 bits per heavy atom. The first kappa shape index (κ1) is 8.49. The molecule has 0 aliphatic rings. The van der Waals surface area contributed by atoms with E-state index in [1.807, 2.05) is 0 Å². The first-order chi connectivity index (χ1) is 4.31. The quantitative estimate of drug-likeness (QED) is 0.608. The Morgan fingerprint density at radius 2 is 2.44 bits per heavy atom. The van der Waals surface area contributed by atoms with Gasteiger partial charge >= 0.3 is 6.03 Å². The third-order valence-corrected chi connectivity index (χ3v) is 1.06. The third kappa shape index (κ3) is 5.36. The first-order valence-corrected chi connectivity index (χ1v) is 3.29. The van der Waals surface area contributed by atoms with Crippen LogP contribution in [0.5, 0.6) is 0 Å². The Kier molecular flexibility index (Phi) is 5.30. The number of hydrogen-bond acceptors (Lipinski definition) is 2. The van der Waals surface area contributed by atoms with Crippen molar-refractivity contribution < 1.29 is 4.79 Å². The summed E-state index contributed by atoms with van der Waals surface area (Å²) in [4.78, 5) is 10.3. The van der Waals surface area contributed by atoms with Gasteiger partial charge in [0.1, 0.15) is 0 Å². The van der Waals surface area contributed by atoms with E-state index in [9.17, 15) is 4.79 Å². The lowest BCUT2D eigenvalue weighted by Crippen LogP contribution is -2.19. The number of carbonyl (C=O) groups is 1. The van der Waals surface area contributed by atoms with Gasteiger partial charge in [-0.1, -0.05) is 13.3 Å². The molecule has 0 radical (unpaired) electrons.